The number of carbonyl (C=O) groups excluding carboxylic acids is 2. The number of imidazole rings is 1. The molecule has 52 heavy (non-hydrogen) atoms. The first-order valence-corrected chi connectivity index (χ1v) is 18.9. The molecule has 3 fully saturated rings. The Labute approximate surface area is 304 Å². The largest absolute Gasteiger partial charge is 0.395 e. The number of hydrogen-bond donors (Lipinski definition) is 2. The summed E-state index contributed by atoms with van der Waals surface area (Å²) in [5.41, 5.74) is 3.63. The van der Waals surface area contributed by atoms with Crippen LogP contribution in [-0.4, -0.2) is 91.1 Å². The molecule has 0 atom stereocenters. The number of hydrogen-bond acceptors (Lipinski definition) is 8. The van der Waals surface area contributed by atoms with Crippen molar-refractivity contribution in [2.45, 2.75) is 96.2 Å². The number of pyridine rings is 2. The summed E-state index contributed by atoms with van der Waals surface area (Å²) in [5.74, 6) is 0.0554. The first-order chi connectivity index (χ1) is 25.0. The first-order valence-electron chi connectivity index (χ1n) is 18.9. The van der Waals surface area contributed by atoms with Gasteiger partial charge in [0.25, 0.3) is 0 Å². The van der Waals surface area contributed by atoms with Gasteiger partial charge in [-0.3, -0.25) is 14.6 Å². The Balaban J connectivity index is 1.17. The lowest BCUT2D eigenvalue weighted by atomic mass is 9.73. The van der Waals surface area contributed by atoms with E-state index >= 15 is 0 Å². The van der Waals surface area contributed by atoms with E-state index in [0.29, 0.717) is 43.5 Å². The van der Waals surface area contributed by atoms with Gasteiger partial charge in [-0.25, -0.2) is 14.4 Å². The van der Waals surface area contributed by atoms with Gasteiger partial charge in [-0.1, -0.05) is 18.6 Å². The zero-order valence-electron chi connectivity index (χ0n) is 30.6. The number of aliphatic hydroxyl groups excluding tert-OH is 1. The van der Waals surface area contributed by atoms with Crippen molar-refractivity contribution in [3.63, 3.8) is 0 Å². The number of amides is 2. The van der Waals surface area contributed by atoms with Crippen LogP contribution >= 0.6 is 0 Å². The number of nitrogens with one attached hydrogen (secondary N) is 1. The molecule has 6 heterocycles. The Morgan fingerprint density at radius 1 is 1.06 bits per heavy atom. The average molecular weight is 709 g/mol. The van der Waals surface area contributed by atoms with Crippen LogP contribution in [0.5, 0.6) is 0 Å². The summed E-state index contributed by atoms with van der Waals surface area (Å²) in [6.07, 6.45) is 11.2. The van der Waals surface area contributed by atoms with Gasteiger partial charge in [0, 0.05) is 48.7 Å². The van der Waals surface area contributed by atoms with Crippen LogP contribution in [0.3, 0.4) is 0 Å². The molecule has 0 unspecified atom stereocenters. The maximum Gasteiger partial charge on any atom is 0.238 e. The molecule has 1 aromatic carbocycles. The minimum absolute atomic E-state index is 0.0801. The van der Waals surface area contributed by atoms with E-state index in [1.165, 1.54) is 25.5 Å². The molecule has 1 spiro atoms. The summed E-state index contributed by atoms with van der Waals surface area (Å²) < 4.78 is 16.9. The lowest BCUT2D eigenvalue weighted by molar-refractivity contribution is -0.145. The second-order valence-electron chi connectivity index (χ2n) is 16.1. The predicted octanol–water partition coefficient (Wildman–Crippen LogP) is 6.20. The molecule has 1 aliphatic carbocycles. The summed E-state index contributed by atoms with van der Waals surface area (Å²) in [4.78, 5) is 48.4. The number of carbonyl (C=O) groups is 2. The number of aliphatic hydroxyl groups is 1. The lowest BCUT2D eigenvalue weighted by Crippen LogP contribution is -2.58. The highest BCUT2D eigenvalue weighted by atomic mass is 19.1. The monoisotopic (exact) mass is 708 g/mol. The zero-order valence-corrected chi connectivity index (χ0v) is 30.6. The fraction of sp³-hybridized carbons (Fsp3) is 0.525. The third-order valence-electron chi connectivity index (χ3n) is 12.1. The molecular formula is C40H49FN8O3. The van der Waals surface area contributed by atoms with Crippen molar-refractivity contribution in [3.8, 4) is 11.3 Å². The molecule has 2 N–H and O–H groups in total. The summed E-state index contributed by atoms with van der Waals surface area (Å²) in [7, 11) is 0. The van der Waals surface area contributed by atoms with Gasteiger partial charge in [0.15, 0.2) is 11.6 Å². The third kappa shape index (κ3) is 5.74. The number of nitrogens with zero attached hydrogens (tertiary/aromatic N) is 7. The van der Waals surface area contributed by atoms with Gasteiger partial charge in [0.2, 0.25) is 11.8 Å². The van der Waals surface area contributed by atoms with Crippen LogP contribution in [-0.2, 0) is 15.0 Å². The third-order valence-corrected chi connectivity index (χ3v) is 12.1. The van der Waals surface area contributed by atoms with Crippen molar-refractivity contribution in [1.82, 2.24) is 29.3 Å². The number of aromatic nitrogens is 4. The Morgan fingerprint density at radius 2 is 1.81 bits per heavy atom. The van der Waals surface area contributed by atoms with Crippen molar-refractivity contribution in [2.75, 3.05) is 43.0 Å². The molecule has 3 aromatic heterocycles. The lowest BCUT2D eigenvalue weighted by Gasteiger charge is -2.48. The summed E-state index contributed by atoms with van der Waals surface area (Å²) in [6.45, 7) is 10.6. The van der Waals surface area contributed by atoms with Gasteiger partial charge in [0.05, 0.1) is 46.9 Å². The minimum atomic E-state index is -0.867. The number of likely N-dealkylation sites (tertiary alicyclic amines) is 2. The molecule has 1 saturated carbocycles. The van der Waals surface area contributed by atoms with E-state index in [-0.39, 0.29) is 36.2 Å². The van der Waals surface area contributed by atoms with Crippen LogP contribution in [0.25, 0.3) is 22.3 Å². The molecular weight excluding hydrogens is 659 g/mol. The summed E-state index contributed by atoms with van der Waals surface area (Å²) >= 11 is 0. The van der Waals surface area contributed by atoms with Crippen LogP contribution < -0.4 is 10.2 Å². The van der Waals surface area contributed by atoms with E-state index in [0.717, 1.165) is 53.8 Å². The van der Waals surface area contributed by atoms with Crippen LogP contribution in [0.15, 0.2) is 49.1 Å². The zero-order chi connectivity index (χ0) is 36.4. The quantitative estimate of drug-likeness (QED) is 0.222. The first kappa shape index (κ1) is 34.7. The van der Waals surface area contributed by atoms with Crippen molar-refractivity contribution in [3.05, 3.63) is 60.4 Å². The van der Waals surface area contributed by atoms with Gasteiger partial charge < -0.3 is 29.7 Å². The summed E-state index contributed by atoms with van der Waals surface area (Å²) in [6, 6.07) is 10.5. The molecule has 2 saturated heterocycles. The highest BCUT2D eigenvalue weighted by Gasteiger charge is 2.56. The SMILES string of the molecule is CC(C)n1cnc2cc(-c3ccc4c(c3)N(C3CC(N5CCCCC5)C3)C(=O)C43CCN(C(=O)C(C)(C)CO)CC3)nc(Nc3ccncc3F)c21. The molecule has 11 nitrogen and oxygen atoms in total. The number of halogens is 1. The summed E-state index contributed by atoms with van der Waals surface area (Å²) in [5, 5.41) is 13.1. The molecule has 2 amide bonds. The predicted molar refractivity (Wildman–Crippen MR) is 199 cm³/mol. The standard InChI is InChI=1S/C40H49FN8O3/c1-25(2)48-24-43-33-21-32(45-36(35(33)48)44-31-10-13-42-22-30(31)41)26-8-9-29-34(18-26)49(28-19-27(20-28)46-14-6-5-7-15-46)38(52)40(29)11-16-47(17-12-40)37(51)39(3,4)23-50/h8-10,13,18,21-22,24-25,27-28,50H,5-7,11-12,14-17,19-20,23H2,1-4H3,(H,42,44,45). The topological polar surface area (TPSA) is 120 Å². The van der Waals surface area contributed by atoms with Crippen LogP contribution in [0, 0.1) is 11.2 Å². The highest BCUT2D eigenvalue weighted by molar-refractivity contribution is 6.09. The average Bonchev–Trinajstić information content (AvgIpc) is 3.67. The van der Waals surface area contributed by atoms with Crippen molar-refractivity contribution < 1.29 is 19.1 Å². The van der Waals surface area contributed by atoms with Crippen LogP contribution in [0.4, 0.5) is 21.6 Å². The van der Waals surface area contributed by atoms with Gasteiger partial charge in [0.1, 0.15) is 5.52 Å². The molecule has 3 aliphatic heterocycles. The van der Waals surface area contributed by atoms with E-state index in [1.807, 2.05) is 21.6 Å². The Hall–Kier alpha value is -4.42. The fourth-order valence-electron chi connectivity index (χ4n) is 8.83. The van der Waals surface area contributed by atoms with E-state index in [9.17, 15) is 19.1 Å². The van der Waals surface area contributed by atoms with E-state index in [2.05, 4.69) is 46.1 Å². The van der Waals surface area contributed by atoms with Gasteiger partial charge in [-0.15, -0.1) is 0 Å². The second-order valence-corrected chi connectivity index (χ2v) is 16.1. The smallest absolute Gasteiger partial charge is 0.238 e. The van der Waals surface area contributed by atoms with E-state index in [1.54, 1.807) is 32.4 Å². The molecule has 8 rings (SSSR count). The van der Waals surface area contributed by atoms with Gasteiger partial charge in [-0.2, -0.15) is 0 Å². The van der Waals surface area contributed by atoms with E-state index < -0.39 is 16.6 Å². The molecule has 12 heteroatoms. The molecule has 0 radical (unpaired) electrons. The van der Waals surface area contributed by atoms with Crippen molar-refractivity contribution >= 4 is 40.0 Å². The van der Waals surface area contributed by atoms with E-state index in [4.69, 9.17) is 9.97 Å². The highest BCUT2D eigenvalue weighted by Crippen LogP contribution is 2.52. The molecule has 4 aliphatic rings. The Bertz CT molecular complexity index is 2010. The number of piperidine rings is 2. The maximum atomic E-state index is 14.9. The number of rotatable bonds is 8. The Kier molecular flexibility index (Phi) is 8.81. The Morgan fingerprint density at radius 3 is 2.50 bits per heavy atom. The normalized spacial score (nSPS) is 21.9. The van der Waals surface area contributed by atoms with Gasteiger partial charge in [-0.05, 0) is 103 Å². The minimum Gasteiger partial charge on any atom is -0.395 e. The van der Waals surface area contributed by atoms with Crippen molar-refractivity contribution in [1.29, 1.82) is 0 Å². The molecule has 0 bridgehead atoms. The number of anilines is 3. The van der Waals surface area contributed by atoms with Crippen molar-refractivity contribution in [2.24, 2.45) is 5.41 Å². The molecule has 274 valence electrons. The number of benzene rings is 1. The van der Waals surface area contributed by atoms with Crippen LogP contribution in [0.2, 0.25) is 0 Å². The van der Waals surface area contributed by atoms with Crippen LogP contribution in [0.1, 0.15) is 84.2 Å². The second kappa shape index (κ2) is 13.2. The fourth-order valence-corrected chi connectivity index (χ4v) is 8.83. The van der Waals surface area contributed by atoms with Gasteiger partial charge >= 0.3 is 0 Å². The molecule has 4 aromatic rings. The maximum absolute atomic E-state index is 14.9. The number of fused-ring (bicyclic) bond motifs is 3.